The maximum absolute atomic E-state index is 13.9. The van der Waals surface area contributed by atoms with Crippen LogP contribution in [0.15, 0.2) is 12.1 Å². The largest absolute Gasteiger partial charge is 0.379 e. The number of rotatable bonds is 5. The third-order valence-corrected chi connectivity index (χ3v) is 3.61. The summed E-state index contributed by atoms with van der Waals surface area (Å²) in [5, 5.41) is 5.57. The fourth-order valence-corrected chi connectivity index (χ4v) is 2.33. The fraction of sp³-hybridized carbons (Fsp3) is 0.533. The van der Waals surface area contributed by atoms with E-state index in [-0.39, 0.29) is 23.9 Å². The molecule has 4 nitrogen and oxygen atoms in total. The first-order valence-corrected chi connectivity index (χ1v) is 7.11. The smallest absolute Gasteiger partial charge is 0.231 e. The Labute approximate surface area is 122 Å². The Bertz CT molecular complexity index is 523. The van der Waals surface area contributed by atoms with Gasteiger partial charge in [-0.1, -0.05) is 13.0 Å². The van der Waals surface area contributed by atoms with Gasteiger partial charge >= 0.3 is 0 Å². The highest BCUT2D eigenvalue weighted by molar-refractivity contribution is 5.93. The summed E-state index contributed by atoms with van der Waals surface area (Å²) in [5.41, 5.74) is -0.101. The van der Waals surface area contributed by atoms with Crippen molar-refractivity contribution >= 4 is 11.6 Å². The minimum Gasteiger partial charge on any atom is -0.379 e. The van der Waals surface area contributed by atoms with Crippen LogP contribution >= 0.6 is 0 Å². The SMILES string of the molecule is CCCNC1COCC1C(=O)Nc1c(F)ccc(C)c1F. The molecule has 0 saturated carbocycles. The van der Waals surface area contributed by atoms with E-state index in [0.29, 0.717) is 6.61 Å². The van der Waals surface area contributed by atoms with Crippen LogP contribution in [0.3, 0.4) is 0 Å². The lowest BCUT2D eigenvalue weighted by Gasteiger charge is -2.19. The van der Waals surface area contributed by atoms with E-state index < -0.39 is 23.5 Å². The maximum atomic E-state index is 13.9. The van der Waals surface area contributed by atoms with Crippen LogP contribution in [0.4, 0.5) is 14.5 Å². The van der Waals surface area contributed by atoms with Gasteiger partial charge in [0.15, 0.2) is 5.82 Å². The lowest BCUT2D eigenvalue weighted by atomic mass is 10.0. The van der Waals surface area contributed by atoms with Gasteiger partial charge in [0, 0.05) is 6.04 Å². The predicted molar refractivity (Wildman–Crippen MR) is 76.1 cm³/mol. The molecule has 116 valence electrons. The van der Waals surface area contributed by atoms with Crippen molar-refractivity contribution in [2.24, 2.45) is 5.92 Å². The molecule has 2 atom stereocenters. The molecule has 1 saturated heterocycles. The van der Waals surface area contributed by atoms with E-state index >= 15 is 0 Å². The molecule has 1 heterocycles. The van der Waals surface area contributed by atoms with E-state index in [1.54, 1.807) is 0 Å². The van der Waals surface area contributed by atoms with Crippen LogP contribution in [0.5, 0.6) is 0 Å². The molecule has 0 radical (unpaired) electrons. The second-order valence-corrected chi connectivity index (χ2v) is 5.25. The van der Waals surface area contributed by atoms with Crippen LogP contribution in [0.1, 0.15) is 18.9 Å². The monoisotopic (exact) mass is 298 g/mol. The number of halogens is 2. The van der Waals surface area contributed by atoms with Crippen molar-refractivity contribution in [3.8, 4) is 0 Å². The Morgan fingerprint density at radius 2 is 2.14 bits per heavy atom. The van der Waals surface area contributed by atoms with Gasteiger partial charge in [-0.2, -0.15) is 0 Å². The third kappa shape index (κ3) is 3.57. The van der Waals surface area contributed by atoms with Gasteiger partial charge in [0.05, 0.1) is 19.1 Å². The van der Waals surface area contributed by atoms with Crippen LogP contribution in [0.25, 0.3) is 0 Å². The molecule has 0 aliphatic carbocycles. The Hall–Kier alpha value is -1.53. The molecular weight excluding hydrogens is 278 g/mol. The van der Waals surface area contributed by atoms with Gasteiger partial charge in [0.25, 0.3) is 0 Å². The highest BCUT2D eigenvalue weighted by Gasteiger charge is 2.34. The molecule has 0 bridgehead atoms. The molecule has 21 heavy (non-hydrogen) atoms. The van der Waals surface area contributed by atoms with Crippen molar-refractivity contribution in [2.45, 2.75) is 26.3 Å². The number of ether oxygens (including phenoxy) is 1. The summed E-state index contributed by atoms with van der Waals surface area (Å²) in [6.45, 7) is 4.99. The zero-order chi connectivity index (χ0) is 15.4. The summed E-state index contributed by atoms with van der Waals surface area (Å²) in [5.74, 6) is -2.39. The number of anilines is 1. The number of amides is 1. The van der Waals surface area contributed by atoms with E-state index in [4.69, 9.17) is 4.74 Å². The zero-order valence-corrected chi connectivity index (χ0v) is 12.2. The first kappa shape index (κ1) is 15.9. The minimum absolute atomic E-state index is 0.124. The van der Waals surface area contributed by atoms with Crippen LogP contribution in [0.2, 0.25) is 0 Å². The first-order valence-electron chi connectivity index (χ1n) is 7.11. The average molecular weight is 298 g/mol. The second-order valence-electron chi connectivity index (χ2n) is 5.25. The van der Waals surface area contributed by atoms with Crippen molar-refractivity contribution in [2.75, 3.05) is 25.1 Å². The van der Waals surface area contributed by atoms with Crippen molar-refractivity contribution in [3.63, 3.8) is 0 Å². The number of nitrogens with one attached hydrogen (secondary N) is 2. The van der Waals surface area contributed by atoms with E-state index in [1.807, 2.05) is 6.92 Å². The minimum atomic E-state index is -0.775. The normalized spacial score (nSPS) is 21.5. The van der Waals surface area contributed by atoms with E-state index in [9.17, 15) is 13.6 Å². The van der Waals surface area contributed by atoms with Crippen molar-refractivity contribution in [3.05, 3.63) is 29.3 Å². The first-order chi connectivity index (χ1) is 10.0. The summed E-state index contributed by atoms with van der Waals surface area (Å²) in [6.07, 6.45) is 0.936. The molecule has 1 aliphatic rings. The molecule has 0 aromatic heterocycles. The standard InChI is InChI=1S/C15H20F2N2O2/c1-3-6-18-12-8-21-7-10(12)15(20)19-14-11(16)5-4-9(2)13(14)17/h4-5,10,12,18H,3,6-8H2,1-2H3,(H,19,20). The van der Waals surface area contributed by atoms with Crippen molar-refractivity contribution < 1.29 is 18.3 Å². The van der Waals surface area contributed by atoms with Gasteiger partial charge in [-0.25, -0.2) is 8.78 Å². The number of aryl methyl sites for hydroxylation is 1. The van der Waals surface area contributed by atoms with E-state index in [0.717, 1.165) is 19.0 Å². The predicted octanol–water partition coefficient (Wildman–Crippen LogP) is 2.23. The number of hydrogen-bond donors (Lipinski definition) is 2. The summed E-state index contributed by atoms with van der Waals surface area (Å²) in [7, 11) is 0. The molecule has 2 rings (SSSR count). The van der Waals surface area contributed by atoms with Crippen LogP contribution < -0.4 is 10.6 Å². The van der Waals surface area contributed by atoms with Gasteiger partial charge in [-0.05, 0) is 31.5 Å². The van der Waals surface area contributed by atoms with Gasteiger partial charge in [0.2, 0.25) is 5.91 Å². The second kappa shape index (κ2) is 6.95. The summed E-state index contributed by atoms with van der Waals surface area (Å²) in [4.78, 5) is 12.2. The molecule has 1 fully saturated rings. The highest BCUT2D eigenvalue weighted by atomic mass is 19.1. The number of benzene rings is 1. The van der Waals surface area contributed by atoms with Gasteiger partial charge in [-0.3, -0.25) is 4.79 Å². The quantitative estimate of drug-likeness (QED) is 0.876. The average Bonchev–Trinajstić information content (AvgIpc) is 2.93. The molecule has 1 amide bonds. The Balaban J connectivity index is 2.09. The number of carbonyl (C=O) groups excluding carboxylic acids is 1. The molecule has 0 spiro atoms. The Kier molecular flexibility index (Phi) is 5.25. The summed E-state index contributed by atoms with van der Waals surface area (Å²) < 4.78 is 32.9. The van der Waals surface area contributed by atoms with Gasteiger partial charge < -0.3 is 15.4 Å². The molecule has 1 aliphatic heterocycles. The van der Waals surface area contributed by atoms with Crippen molar-refractivity contribution in [1.82, 2.24) is 5.32 Å². The molecule has 6 heteroatoms. The van der Waals surface area contributed by atoms with E-state index in [2.05, 4.69) is 10.6 Å². The van der Waals surface area contributed by atoms with Crippen LogP contribution in [-0.4, -0.2) is 31.7 Å². The third-order valence-electron chi connectivity index (χ3n) is 3.61. The summed E-state index contributed by atoms with van der Waals surface area (Å²) in [6, 6.07) is 2.36. The lowest BCUT2D eigenvalue weighted by molar-refractivity contribution is -0.120. The van der Waals surface area contributed by atoms with E-state index in [1.165, 1.54) is 13.0 Å². The molecule has 2 unspecified atom stereocenters. The Morgan fingerprint density at radius 1 is 1.38 bits per heavy atom. The summed E-state index contributed by atoms with van der Waals surface area (Å²) >= 11 is 0. The Morgan fingerprint density at radius 3 is 2.86 bits per heavy atom. The number of hydrogen-bond acceptors (Lipinski definition) is 3. The molecule has 1 aromatic carbocycles. The van der Waals surface area contributed by atoms with Crippen molar-refractivity contribution in [1.29, 1.82) is 0 Å². The topological polar surface area (TPSA) is 50.4 Å². The number of carbonyl (C=O) groups is 1. The molecule has 2 N–H and O–H groups in total. The fourth-order valence-electron chi connectivity index (χ4n) is 2.33. The van der Waals surface area contributed by atoms with Gasteiger partial charge in [0.1, 0.15) is 11.5 Å². The highest BCUT2D eigenvalue weighted by Crippen LogP contribution is 2.23. The van der Waals surface area contributed by atoms with Crippen LogP contribution in [0, 0.1) is 24.5 Å². The molecular formula is C15H20F2N2O2. The zero-order valence-electron chi connectivity index (χ0n) is 12.2. The molecule has 1 aromatic rings. The van der Waals surface area contributed by atoms with Gasteiger partial charge in [-0.15, -0.1) is 0 Å². The van der Waals surface area contributed by atoms with Crippen LogP contribution in [-0.2, 0) is 9.53 Å². The lowest BCUT2D eigenvalue weighted by Crippen LogP contribution is -2.42. The maximum Gasteiger partial charge on any atom is 0.231 e.